The van der Waals surface area contributed by atoms with Crippen LogP contribution in [0.25, 0.3) is 5.69 Å². The van der Waals surface area contributed by atoms with Crippen LogP contribution in [0.15, 0.2) is 48.8 Å². The van der Waals surface area contributed by atoms with E-state index in [9.17, 15) is 19.5 Å². The predicted octanol–water partition coefficient (Wildman–Crippen LogP) is 0.699. The van der Waals surface area contributed by atoms with Crippen LogP contribution in [0.2, 0.25) is 0 Å². The largest absolute Gasteiger partial charge is 0.386 e. The molecule has 2 N–H and O–H groups in total. The average molecular weight is 432 g/mol. The second kappa shape index (κ2) is 7.97. The number of piperidine rings is 1. The lowest BCUT2D eigenvalue weighted by molar-refractivity contribution is -0.136. The summed E-state index contributed by atoms with van der Waals surface area (Å²) < 4.78 is 1.57. The number of carbonyl (C=O) groups is 3. The monoisotopic (exact) mass is 432 g/mol. The molecule has 0 radical (unpaired) electrons. The summed E-state index contributed by atoms with van der Waals surface area (Å²) in [6, 6.07) is 9.95. The van der Waals surface area contributed by atoms with Crippen LogP contribution in [0.1, 0.15) is 46.3 Å². The number of rotatable bonds is 5. The third-order valence-electron chi connectivity index (χ3n) is 5.78. The summed E-state index contributed by atoms with van der Waals surface area (Å²) in [5.41, 5.74) is 3.04. The minimum atomic E-state index is -0.813. The molecule has 162 valence electrons. The first kappa shape index (κ1) is 20.0. The number of nitrogens with zero attached hydrogens (tertiary/aromatic N) is 5. The molecule has 2 unspecified atom stereocenters. The van der Waals surface area contributed by atoms with E-state index in [4.69, 9.17) is 0 Å². The Morgan fingerprint density at radius 1 is 1.16 bits per heavy atom. The van der Waals surface area contributed by atoms with E-state index in [1.807, 2.05) is 6.07 Å². The van der Waals surface area contributed by atoms with Crippen LogP contribution >= 0.6 is 0 Å². The van der Waals surface area contributed by atoms with Crippen LogP contribution in [-0.4, -0.2) is 53.7 Å². The molecule has 3 amide bonds. The Hall–Kier alpha value is -3.92. The van der Waals surface area contributed by atoms with Gasteiger partial charge in [-0.25, -0.2) is 4.68 Å². The van der Waals surface area contributed by atoms with Gasteiger partial charge in [0.2, 0.25) is 11.8 Å². The molecule has 0 aliphatic carbocycles. The van der Waals surface area contributed by atoms with Gasteiger partial charge < -0.3 is 10.0 Å². The van der Waals surface area contributed by atoms with Crippen molar-refractivity contribution in [3.63, 3.8) is 0 Å². The molecule has 1 fully saturated rings. The molecule has 5 rings (SSSR count). The minimum absolute atomic E-state index is 0.203. The summed E-state index contributed by atoms with van der Waals surface area (Å²) in [5, 5.41) is 21.1. The number of amides is 3. The van der Waals surface area contributed by atoms with Gasteiger partial charge in [-0.2, -0.15) is 0 Å². The third kappa shape index (κ3) is 3.54. The topological polar surface area (TPSA) is 130 Å². The maximum Gasteiger partial charge on any atom is 0.255 e. The fourth-order valence-corrected chi connectivity index (χ4v) is 4.17. The molecule has 1 saturated heterocycles. The number of aliphatic hydroxyl groups excluding tert-OH is 1. The van der Waals surface area contributed by atoms with Crippen molar-refractivity contribution >= 4 is 17.7 Å². The molecular formula is C22H20N6O4. The summed E-state index contributed by atoms with van der Waals surface area (Å²) in [4.78, 5) is 42.4. The van der Waals surface area contributed by atoms with Gasteiger partial charge in [0.15, 0.2) is 0 Å². The summed E-state index contributed by atoms with van der Waals surface area (Å²) in [7, 11) is 0. The SMILES string of the molecule is O=C1CCC(N2Cc3c(cccc3-n3cc(CC(O)c4ccccn4)nn3)C2=O)C(=O)N1. The third-order valence-corrected chi connectivity index (χ3v) is 5.78. The first-order valence-electron chi connectivity index (χ1n) is 10.3. The van der Waals surface area contributed by atoms with E-state index in [2.05, 4.69) is 20.6 Å². The van der Waals surface area contributed by atoms with Crippen LogP contribution in [0.4, 0.5) is 0 Å². The van der Waals surface area contributed by atoms with E-state index >= 15 is 0 Å². The quantitative estimate of drug-likeness (QED) is 0.568. The zero-order valence-corrected chi connectivity index (χ0v) is 17.0. The van der Waals surface area contributed by atoms with Crippen molar-refractivity contribution in [2.45, 2.75) is 38.0 Å². The van der Waals surface area contributed by atoms with Crippen molar-refractivity contribution in [2.75, 3.05) is 0 Å². The number of carbonyl (C=O) groups excluding carboxylic acids is 3. The summed E-state index contributed by atoms with van der Waals surface area (Å²) in [6.07, 6.45) is 3.27. The Labute approximate surface area is 182 Å². The van der Waals surface area contributed by atoms with E-state index in [-0.39, 0.29) is 31.2 Å². The minimum Gasteiger partial charge on any atom is -0.386 e. The Kier molecular flexibility index (Phi) is 4.98. The Balaban J connectivity index is 1.38. The van der Waals surface area contributed by atoms with Gasteiger partial charge >= 0.3 is 0 Å². The number of hydrogen-bond acceptors (Lipinski definition) is 7. The normalized spacial score (nSPS) is 19.1. The van der Waals surface area contributed by atoms with E-state index < -0.39 is 18.1 Å². The van der Waals surface area contributed by atoms with Crippen LogP contribution in [-0.2, 0) is 22.6 Å². The lowest BCUT2D eigenvalue weighted by Gasteiger charge is -2.29. The van der Waals surface area contributed by atoms with Crippen molar-refractivity contribution in [3.8, 4) is 5.69 Å². The number of fused-ring (bicyclic) bond motifs is 1. The van der Waals surface area contributed by atoms with Gasteiger partial charge in [-0.1, -0.05) is 17.3 Å². The van der Waals surface area contributed by atoms with Gasteiger partial charge in [0.05, 0.1) is 23.3 Å². The summed E-state index contributed by atoms with van der Waals surface area (Å²) >= 11 is 0. The second-order valence-electron chi connectivity index (χ2n) is 7.83. The predicted molar refractivity (Wildman–Crippen MR) is 110 cm³/mol. The van der Waals surface area contributed by atoms with E-state index in [1.165, 1.54) is 4.90 Å². The maximum atomic E-state index is 13.0. The molecule has 4 heterocycles. The fraction of sp³-hybridized carbons (Fsp3) is 0.273. The van der Waals surface area contributed by atoms with Crippen molar-refractivity contribution in [2.24, 2.45) is 0 Å². The molecule has 10 nitrogen and oxygen atoms in total. The molecule has 0 spiro atoms. The highest BCUT2D eigenvalue weighted by atomic mass is 16.3. The van der Waals surface area contributed by atoms with Crippen LogP contribution in [0.5, 0.6) is 0 Å². The highest BCUT2D eigenvalue weighted by Gasteiger charge is 2.40. The van der Waals surface area contributed by atoms with Crippen molar-refractivity contribution in [3.05, 3.63) is 71.3 Å². The highest BCUT2D eigenvalue weighted by Crippen LogP contribution is 2.31. The molecule has 3 aromatic rings. The van der Waals surface area contributed by atoms with Crippen LogP contribution in [0, 0.1) is 0 Å². The van der Waals surface area contributed by atoms with Crippen LogP contribution < -0.4 is 5.32 Å². The number of aromatic nitrogens is 4. The number of imide groups is 1. The summed E-state index contributed by atoms with van der Waals surface area (Å²) in [6.45, 7) is 0.238. The van der Waals surface area contributed by atoms with E-state index in [0.717, 1.165) is 5.56 Å². The number of benzene rings is 1. The van der Waals surface area contributed by atoms with E-state index in [0.29, 0.717) is 29.1 Å². The second-order valence-corrected chi connectivity index (χ2v) is 7.83. The van der Waals surface area contributed by atoms with Gasteiger partial charge in [0.1, 0.15) is 12.1 Å². The Bertz CT molecular complexity index is 1210. The average Bonchev–Trinajstić information content (AvgIpc) is 3.39. The van der Waals surface area contributed by atoms with Crippen molar-refractivity contribution in [1.82, 2.24) is 30.2 Å². The molecule has 0 bridgehead atoms. The lowest BCUT2D eigenvalue weighted by atomic mass is 10.0. The molecule has 2 aliphatic heterocycles. The Morgan fingerprint density at radius 3 is 2.81 bits per heavy atom. The molecule has 2 aromatic heterocycles. The lowest BCUT2D eigenvalue weighted by Crippen LogP contribution is -2.52. The molecular weight excluding hydrogens is 412 g/mol. The number of aliphatic hydroxyl groups is 1. The first-order valence-corrected chi connectivity index (χ1v) is 10.3. The van der Waals surface area contributed by atoms with Crippen molar-refractivity contribution < 1.29 is 19.5 Å². The molecule has 2 atom stereocenters. The standard InChI is InChI=1S/C22H20N6O4/c29-19(16-5-1-2-9-23-16)10-13-11-28(26-25-13)17-6-3-4-14-15(17)12-27(22(14)32)18-7-8-20(30)24-21(18)31/h1-6,9,11,18-19,29H,7-8,10,12H2,(H,24,30,31). The van der Waals surface area contributed by atoms with Gasteiger partial charge in [-0.3, -0.25) is 24.7 Å². The zero-order valence-electron chi connectivity index (χ0n) is 17.0. The smallest absolute Gasteiger partial charge is 0.255 e. The molecule has 32 heavy (non-hydrogen) atoms. The number of nitrogens with one attached hydrogen (secondary N) is 1. The van der Waals surface area contributed by atoms with Gasteiger partial charge in [-0.05, 0) is 30.7 Å². The maximum absolute atomic E-state index is 13.0. The highest BCUT2D eigenvalue weighted by molar-refractivity contribution is 6.05. The van der Waals surface area contributed by atoms with Gasteiger partial charge in [0, 0.05) is 36.7 Å². The van der Waals surface area contributed by atoms with Crippen LogP contribution in [0.3, 0.4) is 0 Å². The number of hydrogen-bond donors (Lipinski definition) is 2. The van der Waals surface area contributed by atoms with Gasteiger partial charge in [0.25, 0.3) is 5.91 Å². The van der Waals surface area contributed by atoms with Gasteiger partial charge in [-0.15, -0.1) is 5.10 Å². The van der Waals surface area contributed by atoms with E-state index in [1.54, 1.807) is 47.4 Å². The molecule has 10 heteroatoms. The molecule has 2 aliphatic rings. The summed E-state index contributed by atoms with van der Waals surface area (Å²) in [5.74, 6) is -1.02. The molecule has 0 saturated carbocycles. The fourth-order valence-electron chi connectivity index (χ4n) is 4.17. The number of pyridine rings is 1. The Morgan fingerprint density at radius 2 is 2.03 bits per heavy atom. The molecule has 1 aromatic carbocycles. The first-order chi connectivity index (χ1) is 15.5. The van der Waals surface area contributed by atoms with Crippen molar-refractivity contribution in [1.29, 1.82) is 0 Å². The zero-order chi connectivity index (χ0) is 22.2.